The molecule has 0 saturated carbocycles. The molecule has 23 heavy (non-hydrogen) atoms. The standard InChI is InChI=1S/C16H27N5O2/c1-12(15-17-14(3)18-23-15)19-8-10-20(11-9-19)13(2)16(22)21-6-4-5-7-21/h12-13H,4-11H2,1-3H3. The predicted molar refractivity (Wildman–Crippen MR) is 85.9 cm³/mol. The fourth-order valence-electron chi connectivity index (χ4n) is 3.51. The van der Waals surface area contributed by atoms with E-state index in [4.69, 9.17) is 4.52 Å². The summed E-state index contributed by atoms with van der Waals surface area (Å²) in [6, 6.07) is 0.110. The van der Waals surface area contributed by atoms with Crippen LogP contribution in [-0.2, 0) is 4.79 Å². The maximum atomic E-state index is 12.5. The van der Waals surface area contributed by atoms with E-state index < -0.39 is 0 Å². The second-order valence-electron chi connectivity index (χ2n) is 6.64. The van der Waals surface area contributed by atoms with Gasteiger partial charge in [0.25, 0.3) is 0 Å². The van der Waals surface area contributed by atoms with Gasteiger partial charge < -0.3 is 9.42 Å². The highest BCUT2D eigenvalue weighted by Crippen LogP contribution is 2.21. The van der Waals surface area contributed by atoms with Crippen LogP contribution in [0.1, 0.15) is 44.4 Å². The fraction of sp³-hybridized carbons (Fsp3) is 0.812. The molecule has 2 aliphatic rings. The molecule has 0 aromatic carbocycles. The Morgan fingerprint density at radius 3 is 2.22 bits per heavy atom. The summed E-state index contributed by atoms with van der Waals surface area (Å²) >= 11 is 0. The van der Waals surface area contributed by atoms with Crippen LogP contribution in [0.2, 0.25) is 0 Å². The number of hydrogen-bond donors (Lipinski definition) is 0. The molecule has 3 heterocycles. The highest BCUT2D eigenvalue weighted by atomic mass is 16.5. The van der Waals surface area contributed by atoms with Gasteiger partial charge in [-0.25, -0.2) is 0 Å². The van der Waals surface area contributed by atoms with E-state index in [1.807, 2.05) is 18.7 Å². The van der Waals surface area contributed by atoms with Crippen LogP contribution >= 0.6 is 0 Å². The van der Waals surface area contributed by atoms with Gasteiger partial charge in [-0.1, -0.05) is 5.16 Å². The normalized spacial score (nSPS) is 23.2. The van der Waals surface area contributed by atoms with E-state index in [9.17, 15) is 4.79 Å². The molecule has 1 amide bonds. The molecule has 0 bridgehead atoms. The van der Waals surface area contributed by atoms with Gasteiger partial charge in [0, 0.05) is 39.3 Å². The van der Waals surface area contributed by atoms with Gasteiger partial charge in [0.1, 0.15) is 0 Å². The number of piperazine rings is 1. The lowest BCUT2D eigenvalue weighted by atomic mass is 10.1. The average Bonchev–Trinajstić information content (AvgIpc) is 3.24. The molecule has 0 N–H and O–H groups in total. The van der Waals surface area contributed by atoms with Crippen LogP contribution < -0.4 is 0 Å². The van der Waals surface area contributed by atoms with Crippen LogP contribution in [0.25, 0.3) is 0 Å². The van der Waals surface area contributed by atoms with Crippen molar-refractivity contribution in [1.29, 1.82) is 0 Å². The molecule has 0 radical (unpaired) electrons. The fourth-order valence-corrected chi connectivity index (χ4v) is 3.51. The zero-order chi connectivity index (χ0) is 16.4. The Morgan fingerprint density at radius 2 is 1.65 bits per heavy atom. The summed E-state index contributed by atoms with van der Waals surface area (Å²) in [5, 5.41) is 3.87. The minimum Gasteiger partial charge on any atom is -0.341 e. The number of carbonyl (C=O) groups excluding carboxylic acids is 1. The van der Waals surface area contributed by atoms with Crippen molar-refractivity contribution >= 4 is 5.91 Å². The maximum absolute atomic E-state index is 12.5. The molecule has 0 aliphatic carbocycles. The number of aryl methyl sites for hydroxylation is 1. The highest BCUT2D eigenvalue weighted by molar-refractivity contribution is 5.81. The lowest BCUT2D eigenvalue weighted by Gasteiger charge is -2.39. The summed E-state index contributed by atoms with van der Waals surface area (Å²) < 4.78 is 5.28. The van der Waals surface area contributed by atoms with Crippen molar-refractivity contribution in [3.63, 3.8) is 0 Å². The van der Waals surface area contributed by atoms with Crippen molar-refractivity contribution in [1.82, 2.24) is 24.8 Å². The van der Waals surface area contributed by atoms with Crippen LogP contribution in [0, 0.1) is 6.92 Å². The topological polar surface area (TPSA) is 65.7 Å². The molecule has 1 aromatic heterocycles. The van der Waals surface area contributed by atoms with Crippen LogP contribution in [0.3, 0.4) is 0 Å². The van der Waals surface area contributed by atoms with Gasteiger partial charge in [0.2, 0.25) is 11.8 Å². The molecular formula is C16H27N5O2. The molecule has 2 atom stereocenters. The number of rotatable bonds is 4. The maximum Gasteiger partial charge on any atom is 0.243 e. The smallest absolute Gasteiger partial charge is 0.243 e. The van der Waals surface area contributed by atoms with Gasteiger partial charge in [-0.2, -0.15) is 4.98 Å². The molecule has 7 heteroatoms. The van der Waals surface area contributed by atoms with Crippen molar-refractivity contribution in [2.75, 3.05) is 39.3 Å². The summed E-state index contributed by atoms with van der Waals surface area (Å²) in [6.45, 7) is 11.5. The first-order valence-electron chi connectivity index (χ1n) is 8.63. The molecule has 128 valence electrons. The van der Waals surface area contributed by atoms with E-state index in [1.165, 1.54) is 0 Å². The van der Waals surface area contributed by atoms with E-state index in [2.05, 4.69) is 26.9 Å². The lowest BCUT2D eigenvalue weighted by molar-refractivity contribution is -0.136. The predicted octanol–water partition coefficient (Wildman–Crippen LogP) is 1.07. The van der Waals surface area contributed by atoms with Crippen molar-refractivity contribution in [3.05, 3.63) is 11.7 Å². The first kappa shape index (κ1) is 16.4. The van der Waals surface area contributed by atoms with Crippen LogP contribution in [0.4, 0.5) is 0 Å². The summed E-state index contributed by atoms with van der Waals surface area (Å²) in [4.78, 5) is 23.5. The Morgan fingerprint density at radius 1 is 1.04 bits per heavy atom. The molecule has 3 rings (SSSR count). The summed E-state index contributed by atoms with van der Waals surface area (Å²) in [7, 11) is 0. The van der Waals surface area contributed by atoms with Crippen molar-refractivity contribution in [3.8, 4) is 0 Å². The van der Waals surface area contributed by atoms with Gasteiger partial charge in [-0.05, 0) is 33.6 Å². The first-order valence-corrected chi connectivity index (χ1v) is 8.63. The number of likely N-dealkylation sites (tertiary alicyclic amines) is 1. The van der Waals surface area contributed by atoms with Gasteiger partial charge in [0.15, 0.2) is 5.82 Å². The SMILES string of the molecule is Cc1noc(C(C)N2CCN(C(C)C(=O)N3CCCC3)CC2)n1. The van der Waals surface area contributed by atoms with E-state index in [-0.39, 0.29) is 18.0 Å². The lowest BCUT2D eigenvalue weighted by Crippen LogP contribution is -2.54. The third-order valence-electron chi connectivity index (χ3n) is 5.12. The number of aromatic nitrogens is 2. The van der Waals surface area contributed by atoms with E-state index in [0.29, 0.717) is 11.7 Å². The minimum absolute atomic E-state index is 0.0174. The van der Waals surface area contributed by atoms with Gasteiger partial charge >= 0.3 is 0 Å². The molecule has 2 unspecified atom stereocenters. The summed E-state index contributed by atoms with van der Waals surface area (Å²) in [5.41, 5.74) is 0. The highest BCUT2D eigenvalue weighted by Gasteiger charge is 2.32. The number of hydrogen-bond acceptors (Lipinski definition) is 6. The monoisotopic (exact) mass is 321 g/mol. The van der Waals surface area contributed by atoms with Crippen LogP contribution in [-0.4, -0.2) is 76.1 Å². The Hall–Kier alpha value is -1.47. The number of carbonyl (C=O) groups is 1. The second-order valence-corrected chi connectivity index (χ2v) is 6.64. The van der Waals surface area contributed by atoms with E-state index in [0.717, 1.165) is 52.1 Å². The number of amides is 1. The zero-order valence-corrected chi connectivity index (χ0v) is 14.4. The Kier molecular flexibility index (Phi) is 4.96. The number of nitrogens with zero attached hydrogens (tertiary/aromatic N) is 5. The Balaban J connectivity index is 1.52. The third-order valence-corrected chi connectivity index (χ3v) is 5.12. The zero-order valence-electron chi connectivity index (χ0n) is 14.4. The van der Waals surface area contributed by atoms with Gasteiger partial charge in [-0.15, -0.1) is 0 Å². The third kappa shape index (κ3) is 3.55. The van der Waals surface area contributed by atoms with Crippen LogP contribution in [0.5, 0.6) is 0 Å². The second kappa shape index (κ2) is 6.97. The van der Waals surface area contributed by atoms with Gasteiger partial charge in [0.05, 0.1) is 12.1 Å². The largest absolute Gasteiger partial charge is 0.341 e. The van der Waals surface area contributed by atoms with Crippen molar-refractivity contribution in [2.45, 2.75) is 45.7 Å². The van der Waals surface area contributed by atoms with Crippen molar-refractivity contribution in [2.24, 2.45) is 0 Å². The van der Waals surface area contributed by atoms with E-state index >= 15 is 0 Å². The molecule has 0 spiro atoms. The molecular weight excluding hydrogens is 294 g/mol. The summed E-state index contributed by atoms with van der Waals surface area (Å²) in [5.74, 6) is 1.64. The summed E-state index contributed by atoms with van der Waals surface area (Å²) in [6.07, 6.45) is 2.29. The Labute approximate surface area is 137 Å². The molecule has 2 saturated heterocycles. The molecule has 7 nitrogen and oxygen atoms in total. The molecule has 2 aliphatic heterocycles. The van der Waals surface area contributed by atoms with E-state index in [1.54, 1.807) is 0 Å². The van der Waals surface area contributed by atoms with Crippen LogP contribution in [0.15, 0.2) is 4.52 Å². The first-order chi connectivity index (χ1) is 11.1. The average molecular weight is 321 g/mol. The molecule has 1 aromatic rings. The molecule has 2 fully saturated rings. The Bertz CT molecular complexity index is 532. The van der Waals surface area contributed by atoms with Gasteiger partial charge in [-0.3, -0.25) is 14.6 Å². The minimum atomic E-state index is -0.0174. The quantitative estimate of drug-likeness (QED) is 0.826. The van der Waals surface area contributed by atoms with Crippen molar-refractivity contribution < 1.29 is 9.32 Å².